The van der Waals surface area contributed by atoms with Gasteiger partial charge in [0, 0.05) is 65.5 Å². The Morgan fingerprint density at radius 3 is 2.74 bits per heavy atom. The second-order valence-corrected chi connectivity index (χ2v) is 10.7. The van der Waals surface area contributed by atoms with Gasteiger partial charge in [0.2, 0.25) is 5.95 Å². The van der Waals surface area contributed by atoms with Crippen LogP contribution in [0.3, 0.4) is 0 Å². The lowest BCUT2D eigenvalue weighted by Crippen LogP contribution is -2.10. The molecular formula is C24H22FN5O3S. The third-order valence-electron chi connectivity index (χ3n) is 6.34. The van der Waals surface area contributed by atoms with Gasteiger partial charge in [-0.15, -0.1) is 0 Å². The van der Waals surface area contributed by atoms with Gasteiger partial charge in [-0.1, -0.05) is 6.07 Å². The Morgan fingerprint density at radius 2 is 2.00 bits per heavy atom. The summed E-state index contributed by atoms with van der Waals surface area (Å²) < 4.78 is 46.7. The molecule has 2 aliphatic rings. The summed E-state index contributed by atoms with van der Waals surface area (Å²) in [5.74, 6) is 1.25. The first-order valence-corrected chi connectivity index (χ1v) is 13.0. The zero-order valence-corrected chi connectivity index (χ0v) is 19.3. The number of halogens is 1. The molecule has 1 aliphatic carbocycles. The molecule has 4 aromatic rings. The number of anilines is 1. The Balaban J connectivity index is 1.42. The Hall–Kier alpha value is -3.53. The summed E-state index contributed by atoms with van der Waals surface area (Å²) >= 11 is 0. The summed E-state index contributed by atoms with van der Waals surface area (Å²) in [6.07, 6.45) is 8.85. The number of pyridine rings is 1. The summed E-state index contributed by atoms with van der Waals surface area (Å²) in [6, 6.07) is 6.95. The lowest BCUT2D eigenvalue weighted by molar-refractivity contribution is 0.356. The van der Waals surface area contributed by atoms with Crippen molar-refractivity contribution in [1.82, 2.24) is 19.4 Å². The molecule has 0 bridgehead atoms. The van der Waals surface area contributed by atoms with Gasteiger partial charge in [-0.05, 0) is 31.0 Å². The van der Waals surface area contributed by atoms with Gasteiger partial charge in [0.15, 0.2) is 14.9 Å². The molecule has 0 saturated heterocycles. The van der Waals surface area contributed by atoms with Crippen molar-refractivity contribution in [3.05, 3.63) is 65.6 Å². The molecule has 1 N–H and O–H groups in total. The molecule has 0 spiro atoms. The minimum atomic E-state index is -3.61. The van der Waals surface area contributed by atoms with E-state index in [1.807, 2.05) is 12.1 Å². The molecule has 4 heterocycles. The Kier molecular flexibility index (Phi) is 4.80. The van der Waals surface area contributed by atoms with E-state index in [-0.39, 0.29) is 17.4 Å². The van der Waals surface area contributed by atoms with Gasteiger partial charge in [0.1, 0.15) is 17.9 Å². The van der Waals surface area contributed by atoms with Crippen LogP contribution in [0.25, 0.3) is 16.6 Å². The molecule has 34 heavy (non-hydrogen) atoms. The minimum absolute atomic E-state index is 0.0422. The van der Waals surface area contributed by atoms with Crippen LogP contribution in [0.5, 0.6) is 5.75 Å². The number of fused-ring (bicyclic) bond motifs is 2. The number of nitrogens with zero attached hydrogens (tertiary/aromatic N) is 4. The fourth-order valence-electron chi connectivity index (χ4n) is 4.46. The molecular weight excluding hydrogens is 457 g/mol. The van der Waals surface area contributed by atoms with Crippen molar-refractivity contribution in [2.45, 2.75) is 36.8 Å². The fraction of sp³-hybridized carbons (Fsp3) is 0.292. The highest BCUT2D eigenvalue weighted by Crippen LogP contribution is 2.39. The van der Waals surface area contributed by atoms with Gasteiger partial charge < -0.3 is 10.1 Å². The van der Waals surface area contributed by atoms with E-state index < -0.39 is 9.84 Å². The van der Waals surface area contributed by atoms with E-state index in [0.29, 0.717) is 47.3 Å². The molecule has 174 valence electrons. The zero-order chi connectivity index (χ0) is 23.4. The van der Waals surface area contributed by atoms with Gasteiger partial charge in [0.25, 0.3) is 0 Å². The quantitative estimate of drug-likeness (QED) is 0.450. The number of nitrogens with one attached hydrogen (secondary N) is 1. The standard InChI is InChI=1S/C24H22FN5O3S/c1-34(31,32)23-22-17(15-4-6-20(26-10-15)14-2-3-14)11-27-24(30(22)13-29-23)28-12-18-16-8-9-33-21(16)7-5-19(18)25/h4-7,10-11,13-14H,2-3,8-9,12H2,1H3,(H,27,28). The molecule has 0 amide bonds. The number of aromatic nitrogens is 4. The van der Waals surface area contributed by atoms with Gasteiger partial charge in [-0.25, -0.2) is 22.8 Å². The van der Waals surface area contributed by atoms with Crippen LogP contribution in [-0.4, -0.2) is 40.6 Å². The van der Waals surface area contributed by atoms with Crippen molar-refractivity contribution >= 4 is 21.3 Å². The average Bonchev–Trinajstić information content (AvgIpc) is 3.37. The van der Waals surface area contributed by atoms with Crippen LogP contribution in [0, 0.1) is 5.82 Å². The Morgan fingerprint density at radius 1 is 1.15 bits per heavy atom. The zero-order valence-electron chi connectivity index (χ0n) is 18.5. The summed E-state index contributed by atoms with van der Waals surface area (Å²) in [6.45, 7) is 0.694. The summed E-state index contributed by atoms with van der Waals surface area (Å²) in [5, 5.41) is 3.11. The SMILES string of the molecule is CS(=O)(=O)c1ncn2c(NCc3c(F)ccc4c3CCO4)ncc(-c3ccc(C4CC4)nc3)c12. The highest BCUT2D eigenvalue weighted by molar-refractivity contribution is 7.90. The normalized spacial score (nSPS) is 15.4. The molecule has 1 aromatic carbocycles. The van der Waals surface area contributed by atoms with Crippen LogP contribution in [0.1, 0.15) is 35.6 Å². The van der Waals surface area contributed by atoms with Crippen LogP contribution in [0.2, 0.25) is 0 Å². The highest BCUT2D eigenvalue weighted by atomic mass is 32.2. The largest absolute Gasteiger partial charge is 0.493 e. The molecule has 10 heteroatoms. The lowest BCUT2D eigenvalue weighted by Gasteiger charge is -2.14. The van der Waals surface area contributed by atoms with E-state index in [1.54, 1.807) is 22.9 Å². The van der Waals surface area contributed by atoms with E-state index in [4.69, 9.17) is 4.74 Å². The minimum Gasteiger partial charge on any atom is -0.493 e. The number of hydrogen-bond donors (Lipinski definition) is 1. The van der Waals surface area contributed by atoms with Crippen LogP contribution < -0.4 is 10.1 Å². The van der Waals surface area contributed by atoms with Crippen LogP contribution >= 0.6 is 0 Å². The predicted molar refractivity (Wildman–Crippen MR) is 124 cm³/mol. The second-order valence-electron chi connectivity index (χ2n) is 8.74. The Labute approximate surface area is 195 Å². The maximum absolute atomic E-state index is 14.6. The van der Waals surface area contributed by atoms with E-state index in [1.165, 1.54) is 12.4 Å². The molecule has 0 atom stereocenters. The lowest BCUT2D eigenvalue weighted by atomic mass is 10.0. The second kappa shape index (κ2) is 7.76. The van der Waals surface area contributed by atoms with Crippen molar-refractivity contribution in [2.24, 2.45) is 0 Å². The van der Waals surface area contributed by atoms with E-state index >= 15 is 0 Å². The van der Waals surface area contributed by atoms with Crippen molar-refractivity contribution in [2.75, 3.05) is 18.2 Å². The number of benzene rings is 1. The molecule has 3 aromatic heterocycles. The van der Waals surface area contributed by atoms with E-state index in [9.17, 15) is 12.8 Å². The maximum Gasteiger partial charge on any atom is 0.209 e. The third-order valence-corrected chi connectivity index (χ3v) is 7.34. The molecule has 0 unspecified atom stereocenters. The number of hydrogen-bond acceptors (Lipinski definition) is 7. The number of ether oxygens (including phenoxy) is 1. The van der Waals surface area contributed by atoms with E-state index in [0.717, 1.165) is 35.9 Å². The van der Waals surface area contributed by atoms with Crippen molar-refractivity contribution in [3.8, 4) is 16.9 Å². The maximum atomic E-state index is 14.6. The van der Waals surface area contributed by atoms with Gasteiger partial charge in [0.05, 0.1) is 12.1 Å². The van der Waals surface area contributed by atoms with Crippen molar-refractivity contribution in [1.29, 1.82) is 0 Å². The smallest absolute Gasteiger partial charge is 0.209 e. The van der Waals surface area contributed by atoms with Crippen LogP contribution in [0.4, 0.5) is 10.3 Å². The first-order chi connectivity index (χ1) is 16.4. The first-order valence-electron chi connectivity index (χ1n) is 11.1. The van der Waals surface area contributed by atoms with Crippen LogP contribution in [-0.2, 0) is 22.8 Å². The highest BCUT2D eigenvalue weighted by Gasteiger charge is 2.26. The molecule has 6 rings (SSSR count). The van der Waals surface area contributed by atoms with Gasteiger partial charge in [-0.2, -0.15) is 0 Å². The topological polar surface area (TPSA) is 98.5 Å². The molecule has 8 nitrogen and oxygen atoms in total. The number of rotatable bonds is 6. The number of imidazole rings is 1. The van der Waals surface area contributed by atoms with E-state index in [2.05, 4.69) is 20.3 Å². The number of sulfone groups is 1. The summed E-state index contributed by atoms with van der Waals surface area (Å²) in [7, 11) is -3.61. The van der Waals surface area contributed by atoms with Crippen molar-refractivity contribution in [3.63, 3.8) is 0 Å². The summed E-state index contributed by atoms with van der Waals surface area (Å²) in [5.41, 5.74) is 4.16. The first kappa shape index (κ1) is 21.0. The molecule has 0 radical (unpaired) electrons. The molecule has 1 fully saturated rings. The fourth-order valence-corrected chi connectivity index (χ4v) is 5.26. The van der Waals surface area contributed by atoms with Crippen molar-refractivity contribution < 1.29 is 17.5 Å². The molecule has 1 aliphatic heterocycles. The monoisotopic (exact) mass is 479 g/mol. The summed E-state index contributed by atoms with van der Waals surface area (Å²) in [4.78, 5) is 13.3. The predicted octanol–water partition coefficient (Wildman–Crippen LogP) is 3.76. The molecule has 1 saturated carbocycles. The Bertz CT molecular complexity index is 1530. The third kappa shape index (κ3) is 3.58. The van der Waals surface area contributed by atoms with Gasteiger partial charge in [-0.3, -0.25) is 9.38 Å². The average molecular weight is 480 g/mol. The van der Waals surface area contributed by atoms with Crippen LogP contribution in [0.15, 0.2) is 48.0 Å². The van der Waals surface area contributed by atoms with Gasteiger partial charge >= 0.3 is 0 Å².